The molecule has 0 bridgehead atoms. The third-order valence-electron chi connectivity index (χ3n) is 6.12. The number of carbonyl (C=O) groups is 1. The Labute approximate surface area is 215 Å². The van der Waals surface area contributed by atoms with E-state index in [1.54, 1.807) is 18.2 Å². The Bertz CT molecular complexity index is 1280. The number of amides is 1. The molecule has 3 N–H and O–H groups in total. The summed E-state index contributed by atoms with van der Waals surface area (Å²) in [7, 11) is 0. The number of rotatable bonds is 9. The summed E-state index contributed by atoms with van der Waals surface area (Å²) >= 11 is 0. The molecule has 194 valence electrons. The van der Waals surface area contributed by atoms with Crippen LogP contribution in [-0.4, -0.2) is 76.2 Å². The summed E-state index contributed by atoms with van der Waals surface area (Å²) in [4.78, 5) is 18.9. The summed E-state index contributed by atoms with van der Waals surface area (Å²) in [6.07, 6.45) is 0.507. The van der Waals surface area contributed by atoms with Gasteiger partial charge in [0.2, 0.25) is 11.7 Å². The number of aromatic nitrogens is 2. The zero-order valence-corrected chi connectivity index (χ0v) is 21.0. The summed E-state index contributed by atoms with van der Waals surface area (Å²) in [5.41, 5.74) is 4.15. The van der Waals surface area contributed by atoms with E-state index in [2.05, 4.69) is 21.5 Å². The predicted molar refractivity (Wildman–Crippen MR) is 136 cm³/mol. The van der Waals surface area contributed by atoms with Gasteiger partial charge in [-0.3, -0.25) is 4.79 Å². The molecule has 2 heterocycles. The van der Waals surface area contributed by atoms with E-state index < -0.39 is 6.10 Å². The zero-order valence-electron chi connectivity index (χ0n) is 21.0. The maximum atomic E-state index is 12.6. The number of aliphatic hydroxyl groups is 2. The average Bonchev–Trinajstić information content (AvgIpc) is 3.29. The SMILES string of the molecule is CC(C)Oc1ccc(-c2nc(-c3ccc4c(c3)CCN(C(=O)CNCC(O)CO)CC4)no2)cc1C#N. The molecule has 0 spiro atoms. The van der Waals surface area contributed by atoms with E-state index in [-0.39, 0.29) is 31.7 Å². The fourth-order valence-electron chi connectivity index (χ4n) is 4.20. The summed E-state index contributed by atoms with van der Waals surface area (Å²) in [5.74, 6) is 1.23. The van der Waals surface area contributed by atoms with Crippen LogP contribution in [-0.2, 0) is 17.6 Å². The quantitative estimate of drug-likeness (QED) is 0.397. The zero-order chi connectivity index (χ0) is 26.4. The van der Waals surface area contributed by atoms with Crippen LogP contribution in [0.25, 0.3) is 22.8 Å². The third kappa shape index (κ3) is 6.51. The molecule has 37 heavy (non-hydrogen) atoms. The van der Waals surface area contributed by atoms with Gasteiger partial charge in [0.05, 0.1) is 30.9 Å². The maximum Gasteiger partial charge on any atom is 0.258 e. The molecular formula is C27H31N5O5. The molecule has 1 amide bonds. The normalized spacial score (nSPS) is 14.1. The first-order valence-electron chi connectivity index (χ1n) is 12.3. The lowest BCUT2D eigenvalue weighted by molar-refractivity contribution is -0.130. The summed E-state index contributed by atoms with van der Waals surface area (Å²) in [5, 5.41) is 34.9. The van der Waals surface area contributed by atoms with Crippen LogP contribution in [0.5, 0.6) is 5.75 Å². The van der Waals surface area contributed by atoms with E-state index in [1.807, 2.05) is 36.9 Å². The Hall–Kier alpha value is -3.78. The van der Waals surface area contributed by atoms with Crippen molar-refractivity contribution >= 4 is 5.91 Å². The largest absolute Gasteiger partial charge is 0.490 e. The number of nitrogens with zero attached hydrogens (tertiary/aromatic N) is 4. The van der Waals surface area contributed by atoms with Gasteiger partial charge in [-0.1, -0.05) is 17.3 Å². The Morgan fingerprint density at radius 3 is 2.68 bits per heavy atom. The van der Waals surface area contributed by atoms with Gasteiger partial charge in [0.1, 0.15) is 11.8 Å². The van der Waals surface area contributed by atoms with Gasteiger partial charge in [0.25, 0.3) is 5.89 Å². The van der Waals surface area contributed by atoms with Crippen LogP contribution in [0.15, 0.2) is 40.9 Å². The van der Waals surface area contributed by atoms with Crippen LogP contribution < -0.4 is 10.1 Å². The highest BCUT2D eigenvalue weighted by atomic mass is 16.5. The second-order valence-electron chi connectivity index (χ2n) is 9.24. The fraction of sp³-hybridized carbons (Fsp3) is 0.407. The third-order valence-corrected chi connectivity index (χ3v) is 6.12. The Balaban J connectivity index is 1.44. The first kappa shape index (κ1) is 26.3. The Morgan fingerprint density at radius 2 is 1.95 bits per heavy atom. The van der Waals surface area contributed by atoms with Gasteiger partial charge < -0.3 is 29.7 Å². The Kier molecular flexibility index (Phi) is 8.50. The number of benzene rings is 2. The van der Waals surface area contributed by atoms with E-state index in [9.17, 15) is 15.2 Å². The molecule has 1 unspecified atom stereocenters. The summed E-state index contributed by atoms with van der Waals surface area (Å²) in [6.45, 7) is 4.94. The molecule has 0 radical (unpaired) electrons. The highest BCUT2D eigenvalue weighted by molar-refractivity contribution is 5.78. The van der Waals surface area contributed by atoms with Crippen molar-refractivity contribution in [3.8, 4) is 34.7 Å². The van der Waals surface area contributed by atoms with Gasteiger partial charge in [-0.05, 0) is 62.1 Å². The van der Waals surface area contributed by atoms with Crippen molar-refractivity contribution in [2.24, 2.45) is 0 Å². The van der Waals surface area contributed by atoms with Crippen LogP contribution in [0.2, 0.25) is 0 Å². The highest BCUT2D eigenvalue weighted by Gasteiger charge is 2.20. The molecule has 1 aliphatic rings. The Morgan fingerprint density at radius 1 is 1.19 bits per heavy atom. The molecule has 0 fully saturated rings. The number of nitriles is 1. The minimum atomic E-state index is -0.878. The predicted octanol–water partition coefficient (Wildman–Crippen LogP) is 1.93. The molecule has 10 heteroatoms. The smallest absolute Gasteiger partial charge is 0.258 e. The van der Waals surface area contributed by atoms with Crippen LogP contribution in [0, 0.1) is 11.3 Å². The van der Waals surface area contributed by atoms with Crippen molar-refractivity contribution in [2.45, 2.75) is 38.9 Å². The van der Waals surface area contributed by atoms with Crippen molar-refractivity contribution in [3.05, 3.63) is 53.1 Å². The molecular weight excluding hydrogens is 474 g/mol. The minimum absolute atomic E-state index is 0.0393. The molecule has 3 aromatic rings. The van der Waals surface area contributed by atoms with Gasteiger partial charge in [-0.25, -0.2) is 0 Å². The monoisotopic (exact) mass is 505 g/mol. The van der Waals surface area contributed by atoms with E-state index in [0.717, 1.165) is 17.5 Å². The van der Waals surface area contributed by atoms with Crippen LogP contribution in [0.3, 0.4) is 0 Å². The number of hydrogen-bond acceptors (Lipinski definition) is 9. The number of aliphatic hydroxyl groups excluding tert-OH is 2. The summed E-state index contributed by atoms with van der Waals surface area (Å²) in [6, 6.07) is 13.4. The topological polar surface area (TPSA) is 145 Å². The van der Waals surface area contributed by atoms with Crippen molar-refractivity contribution in [3.63, 3.8) is 0 Å². The van der Waals surface area contributed by atoms with Crippen LogP contribution in [0.1, 0.15) is 30.5 Å². The molecule has 10 nitrogen and oxygen atoms in total. The van der Waals surface area contributed by atoms with E-state index in [0.29, 0.717) is 48.1 Å². The second kappa shape index (κ2) is 12.0. The van der Waals surface area contributed by atoms with Crippen molar-refractivity contribution < 1.29 is 24.3 Å². The number of fused-ring (bicyclic) bond motifs is 1. The lowest BCUT2D eigenvalue weighted by Gasteiger charge is -2.20. The standard InChI is InChI=1S/C27H31N5O5/c1-17(2)36-24-6-5-21(12-22(24)13-28)27-30-26(31-37-27)20-4-3-18-7-9-32(10-8-19(18)11-20)25(35)15-29-14-23(34)16-33/h3-6,11-12,17,23,29,33-34H,7-10,14-16H2,1-2H3. The molecule has 4 rings (SSSR count). The number of nitrogens with one attached hydrogen (secondary N) is 1. The first-order valence-corrected chi connectivity index (χ1v) is 12.3. The second-order valence-corrected chi connectivity index (χ2v) is 9.24. The van der Waals surface area contributed by atoms with Crippen molar-refractivity contribution in [1.29, 1.82) is 5.26 Å². The molecule has 0 aliphatic carbocycles. The van der Waals surface area contributed by atoms with Gasteiger partial charge in [-0.15, -0.1) is 0 Å². The number of hydrogen-bond donors (Lipinski definition) is 3. The van der Waals surface area contributed by atoms with Crippen LogP contribution >= 0.6 is 0 Å². The van der Waals surface area contributed by atoms with E-state index in [4.69, 9.17) is 14.4 Å². The van der Waals surface area contributed by atoms with Gasteiger partial charge in [0.15, 0.2) is 0 Å². The minimum Gasteiger partial charge on any atom is -0.490 e. The van der Waals surface area contributed by atoms with Gasteiger partial charge in [0, 0.05) is 30.8 Å². The van der Waals surface area contributed by atoms with Gasteiger partial charge in [-0.2, -0.15) is 10.2 Å². The molecule has 1 aromatic heterocycles. The lowest BCUT2D eigenvalue weighted by Crippen LogP contribution is -2.41. The maximum absolute atomic E-state index is 12.6. The fourth-order valence-corrected chi connectivity index (χ4v) is 4.20. The first-order chi connectivity index (χ1) is 17.9. The molecule has 1 aliphatic heterocycles. The lowest BCUT2D eigenvalue weighted by atomic mass is 10.00. The molecule has 0 saturated carbocycles. The van der Waals surface area contributed by atoms with Gasteiger partial charge >= 0.3 is 0 Å². The number of ether oxygens (including phenoxy) is 1. The van der Waals surface area contributed by atoms with E-state index in [1.165, 1.54) is 5.56 Å². The molecule has 1 atom stereocenters. The number of carbonyl (C=O) groups excluding carboxylic acids is 1. The highest BCUT2D eigenvalue weighted by Crippen LogP contribution is 2.29. The van der Waals surface area contributed by atoms with E-state index >= 15 is 0 Å². The van der Waals surface area contributed by atoms with Crippen molar-refractivity contribution in [2.75, 3.05) is 32.8 Å². The van der Waals surface area contributed by atoms with Crippen molar-refractivity contribution in [1.82, 2.24) is 20.4 Å². The van der Waals surface area contributed by atoms with Crippen LogP contribution in [0.4, 0.5) is 0 Å². The molecule has 2 aromatic carbocycles. The molecule has 0 saturated heterocycles. The summed E-state index contributed by atoms with van der Waals surface area (Å²) < 4.78 is 11.2. The average molecular weight is 506 g/mol.